The molecule has 0 radical (unpaired) electrons. The number of anilines is 1. The van der Waals surface area contributed by atoms with Gasteiger partial charge in [-0.05, 0) is 62.4 Å². The summed E-state index contributed by atoms with van der Waals surface area (Å²) in [5, 5.41) is 3.20. The number of nitrogens with one attached hydrogen (secondary N) is 1. The average molecular weight is 440 g/mol. The van der Waals surface area contributed by atoms with Crippen LogP contribution in [0.4, 0.5) is 5.69 Å². The lowest BCUT2D eigenvalue weighted by Crippen LogP contribution is -2.13. The molecule has 160 valence electrons. The highest BCUT2D eigenvalue weighted by Crippen LogP contribution is 2.25. The van der Waals surface area contributed by atoms with Gasteiger partial charge in [-0.25, -0.2) is 9.97 Å². The van der Waals surface area contributed by atoms with Gasteiger partial charge in [-0.15, -0.1) is 0 Å². The van der Waals surface area contributed by atoms with Crippen molar-refractivity contribution in [3.63, 3.8) is 0 Å². The van der Waals surface area contributed by atoms with Gasteiger partial charge in [0.05, 0.1) is 12.7 Å². The first-order valence-corrected chi connectivity index (χ1v) is 9.98. The molecule has 7 nitrogen and oxygen atoms in total. The number of hydrogen-bond donors (Lipinski definition) is 1. The number of ketones is 1. The number of benzene rings is 2. The van der Waals surface area contributed by atoms with Crippen molar-refractivity contribution in [2.24, 2.45) is 0 Å². The first-order chi connectivity index (χ1) is 14.8. The fourth-order valence-corrected chi connectivity index (χ4v) is 3.11. The number of Topliss-reactive ketones (excluding diaryl/α,β-unsaturated/α-hetero) is 1. The second-order valence-electron chi connectivity index (χ2n) is 6.88. The second kappa shape index (κ2) is 10.0. The highest BCUT2D eigenvalue weighted by atomic mass is 35.5. The predicted molar refractivity (Wildman–Crippen MR) is 118 cm³/mol. The molecule has 0 spiro atoms. The monoisotopic (exact) mass is 439 g/mol. The summed E-state index contributed by atoms with van der Waals surface area (Å²) in [6.45, 7) is 3.74. The lowest BCUT2D eigenvalue weighted by Gasteiger charge is -2.09. The fourth-order valence-electron chi connectivity index (χ4n) is 2.93. The highest BCUT2D eigenvalue weighted by Gasteiger charge is 2.15. The fraction of sp³-hybridized carbons (Fsp3) is 0.217. The predicted octanol–water partition coefficient (Wildman–Crippen LogP) is 5.15. The third-order valence-corrected chi connectivity index (χ3v) is 4.59. The Balaban J connectivity index is 1.55. The molecule has 1 amide bonds. The van der Waals surface area contributed by atoms with Gasteiger partial charge in [0, 0.05) is 34.9 Å². The molecule has 1 aromatic heterocycles. The molecule has 3 aromatic rings. The molecule has 0 bridgehead atoms. The molecule has 0 aliphatic heterocycles. The molecule has 0 saturated carbocycles. The van der Waals surface area contributed by atoms with Crippen LogP contribution in [0, 0.1) is 13.8 Å². The first kappa shape index (κ1) is 22.2. The topological polar surface area (TPSA) is 90.4 Å². The van der Waals surface area contributed by atoms with Crippen molar-refractivity contribution in [2.75, 3.05) is 12.4 Å². The molecule has 1 heterocycles. The van der Waals surface area contributed by atoms with Gasteiger partial charge in [0.15, 0.2) is 5.78 Å². The van der Waals surface area contributed by atoms with Crippen LogP contribution in [0.2, 0.25) is 5.02 Å². The molecular weight excluding hydrogens is 418 g/mol. The third-order valence-electron chi connectivity index (χ3n) is 4.35. The Kier molecular flexibility index (Phi) is 7.20. The zero-order chi connectivity index (χ0) is 22.4. The van der Waals surface area contributed by atoms with E-state index in [-0.39, 0.29) is 30.5 Å². The molecule has 31 heavy (non-hydrogen) atoms. The molecule has 3 rings (SSSR count). The Morgan fingerprint density at radius 3 is 2.29 bits per heavy atom. The maximum absolute atomic E-state index is 12.5. The third kappa shape index (κ3) is 6.26. The van der Waals surface area contributed by atoms with Crippen LogP contribution in [0.3, 0.4) is 0 Å². The van der Waals surface area contributed by atoms with E-state index in [9.17, 15) is 9.59 Å². The first-order valence-electron chi connectivity index (χ1n) is 9.61. The lowest BCUT2D eigenvalue weighted by molar-refractivity contribution is -0.116. The van der Waals surface area contributed by atoms with Crippen molar-refractivity contribution in [3.8, 4) is 17.5 Å². The minimum absolute atomic E-state index is 0.0309. The van der Waals surface area contributed by atoms with Crippen LogP contribution in [-0.4, -0.2) is 28.8 Å². The van der Waals surface area contributed by atoms with Crippen molar-refractivity contribution in [1.29, 1.82) is 0 Å². The lowest BCUT2D eigenvalue weighted by atomic mass is 10.1. The Morgan fingerprint density at radius 1 is 0.968 bits per heavy atom. The summed E-state index contributed by atoms with van der Waals surface area (Å²) in [4.78, 5) is 33.2. The molecule has 0 atom stereocenters. The Bertz CT molecular complexity index is 1080. The summed E-state index contributed by atoms with van der Waals surface area (Å²) in [5.41, 5.74) is 2.58. The van der Waals surface area contributed by atoms with E-state index in [4.69, 9.17) is 21.1 Å². The number of halogens is 1. The number of nitrogens with zero attached hydrogens (tertiary/aromatic N) is 2. The summed E-state index contributed by atoms with van der Waals surface area (Å²) < 4.78 is 10.8. The Morgan fingerprint density at radius 2 is 1.65 bits per heavy atom. The normalized spacial score (nSPS) is 10.5. The largest absolute Gasteiger partial charge is 0.496 e. The molecular formula is C23H22ClN3O4. The van der Waals surface area contributed by atoms with E-state index in [1.165, 1.54) is 7.11 Å². The maximum Gasteiger partial charge on any atom is 0.322 e. The smallest absolute Gasteiger partial charge is 0.322 e. The van der Waals surface area contributed by atoms with Crippen molar-refractivity contribution >= 4 is 29.0 Å². The van der Waals surface area contributed by atoms with E-state index in [2.05, 4.69) is 15.3 Å². The zero-order valence-corrected chi connectivity index (χ0v) is 18.2. The van der Waals surface area contributed by atoms with Gasteiger partial charge in [-0.3, -0.25) is 9.59 Å². The van der Waals surface area contributed by atoms with Gasteiger partial charge >= 0.3 is 6.01 Å². The summed E-state index contributed by atoms with van der Waals surface area (Å²) in [7, 11) is 1.48. The van der Waals surface area contributed by atoms with Crippen LogP contribution in [0.5, 0.6) is 17.5 Å². The summed E-state index contributed by atoms with van der Waals surface area (Å²) in [5.74, 6) is 0.483. The SMILES string of the molecule is COc1ccc(Cl)cc1C(=O)CCC(=O)Nc1ccc(Oc2nc(C)cc(C)n2)cc1. The van der Waals surface area contributed by atoms with E-state index >= 15 is 0 Å². The second-order valence-corrected chi connectivity index (χ2v) is 7.31. The quantitative estimate of drug-likeness (QED) is 0.488. The van der Waals surface area contributed by atoms with Crippen molar-refractivity contribution in [3.05, 3.63) is 70.5 Å². The zero-order valence-electron chi connectivity index (χ0n) is 17.4. The van der Waals surface area contributed by atoms with Gasteiger partial charge in [-0.2, -0.15) is 0 Å². The molecule has 0 aliphatic carbocycles. The Hall–Kier alpha value is -3.45. The number of carbonyl (C=O) groups is 2. The molecule has 0 unspecified atom stereocenters. The minimum atomic E-state index is -0.277. The number of carbonyl (C=O) groups excluding carboxylic acids is 2. The molecule has 0 fully saturated rings. The summed E-state index contributed by atoms with van der Waals surface area (Å²) in [6.07, 6.45) is 0.0664. The van der Waals surface area contributed by atoms with E-state index in [0.29, 0.717) is 27.8 Å². The van der Waals surface area contributed by atoms with E-state index in [1.54, 1.807) is 42.5 Å². The van der Waals surface area contributed by atoms with Gasteiger partial charge in [-0.1, -0.05) is 11.6 Å². The summed E-state index contributed by atoms with van der Waals surface area (Å²) >= 11 is 5.96. The van der Waals surface area contributed by atoms with Crippen LogP contribution in [0.25, 0.3) is 0 Å². The van der Waals surface area contributed by atoms with Crippen LogP contribution < -0.4 is 14.8 Å². The highest BCUT2D eigenvalue weighted by molar-refractivity contribution is 6.31. The van der Waals surface area contributed by atoms with Gasteiger partial charge in [0.25, 0.3) is 0 Å². The molecule has 8 heteroatoms. The van der Waals surface area contributed by atoms with Crippen molar-refractivity contribution < 1.29 is 19.1 Å². The average Bonchev–Trinajstić information content (AvgIpc) is 2.72. The van der Waals surface area contributed by atoms with Crippen LogP contribution in [-0.2, 0) is 4.79 Å². The van der Waals surface area contributed by atoms with Gasteiger partial charge in [0.1, 0.15) is 11.5 Å². The number of hydrogen-bond acceptors (Lipinski definition) is 6. The van der Waals surface area contributed by atoms with E-state index < -0.39 is 0 Å². The summed E-state index contributed by atoms with van der Waals surface area (Å²) in [6, 6.07) is 13.8. The molecule has 2 aromatic carbocycles. The number of aromatic nitrogens is 2. The number of aryl methyl sites for hydroxylation is 2. The van der Waals surface area contributed by atoms with Gasteiger partial charge in [0.2, 0.25) is 5.91 Å². The van der Waals surface area contributed by atoms with E-state index in [0.717, 1.165) is 11.4 Å². The molecule has 0 aliphatic rings. The van der Waals surface area contributed by atoms with Crippen LogP contribution in [0.15, 0.2) is 48.5 Å². The molecule has 1 N–H and O–H groups in total. The standard InChI is InChI=1S/C23H22ClN3O4/c1-14-12-15(2)26-23(25-14)31-18-7-5-17(6-8-18)27-22(29)11-9-20(28)19-13-16(24)4-10-21(19)30-3/h4-8,10,12-13H,9,11H2,1-3H3,(H,27,29). The minimum Gasteiger partial charge on any atom is -0.496 e. The number of ether oxygens (including phenoxy) is 2. The maximum atomic E-state index is 12.5. The van der Waals surface area contributed by atoms with Gasteiger partial charge < -0.3 is 14.8 Å². The van der Waals surface area contributed by atoms with Crippen molar-refractivity contribution in [1.82, 2.24) is 9.97 Å². The van der Waals surface area contributed by atoms with Crippen LogP contribution in [0.1, 0.15) is 34.6 Å². The van der Waals surface area contributed by atoms with Crippen molar-refractivity contribution in [2.45, 2.75) is 26.7 Å². The Labute approximate surface area is 185 Å². The number of amides is 1. The molecule has 0 saturated heterocycles. The number of rotatable bonds is 8. The van der Waals surface area contributed by atoms with Crippen LogP contribution >= 0.6 is 11.6 Å². The van der Waals surface area contributed by atoms with E-state index in [1.807, 2.05) is 19.9 Å². The number of methoxy groups -OCH3 is 1.